The number of carbonyl (C=O) groups is 1. The Labute approximate surface area is 141 Å². The van der Waals surface area contributed by atoms with Crippen molar-refractivity contribution in [3.8, 4) is 11.5 Å². The summed E-state index contributed by atoms with van der Waals surface area (Å²) in [5.74, 6) is 0.410. The Hall–Kier alpha value is -2.53. The molecule has 1 N–H and O–H groups in total. The Morgan fingerprint density at radius 1 is 1.29 bits per heavy atom. The lowest BCUT2D eigenvalue weighted by Crippen LogP contribution is -2.04. The van der Waals surface area contributed by atoms with E-state index in [2.05, 4.69) is 13.8 Å². The molecule has 5 heteroatoms. The van der Waals surface area contributed by atoms with Gasteiger partial charge in [0.15, 0.2) is 18.3 Å². The van der Waals surface area contributed by atoms with E-state index < -0.39 is 5.97 Å². The van der Waals surface area contributed by atoms with Crippen LogP contribution in [0.4, 0.5) is 0 Å². The van der Waals surface area contributed by atoms with Gasteiger partial charge in [-0.15, -0.1) is 0 Å². The zero-order valence-electron chi connectivity index (χ0n) is 14.3. The minimum atomic E-state index is -0.998. The van der Waals surface area contributed by atoms with Gasteiger partial charge in [-0.3, -0.25) is 0 Å². The van der Waals surface area contributed by atoms with Gasteiger partial charge >= 0.3 is 5.97 Å². The lowest BCUT2D eigenvalue weighted by atomic mass is 9.92. The second-order valence-corrected chi connectivity index (χ2v) is 5.64. The van der Waals surface area contributed by atoms with E-state index in [1.165, 1.54) is 0 Å². The van der Waals surface area contributed by atoms with Gasteiger partial charge in [0.1, 0.15) is 0 Å². The first-order valence-corrected chi connectivity index (χ1v) is 7.66. The second-order valence-electron chi connectivity index (χ2n) is 5.64. The van der Waals surface area contributed by atoms with Gasteiger partial charge < -0.3 is 19.3 Å². The van der Waals surface area contributed by atoms with Crippen LogP contribution in [0, 0.1) is 0 Å². The van der Waals surface area contributed by atoms with Gasteiger partial charge in [-0.05, 0) is 34.6 Å². The highest BCUT2D eigenvalue weighted by Gasteiger charge is 2.18. The van der Waals surface area contributed by atoms with Crippen molar-refractivity contribution in [3.05, 3.63) is 41.5 Å². The Balaban J connectivity index is 2.82. The summed E-state index contributed by atoms with van der Waals surface area (Å²) >= 11 is 0. The summed E-state index contributed by atoms with van der Waals surface area (Å²) in [5, 5.41) is 10.7. The molecule has 0 aromatic heterocycles. The topological polar surface area (TPSA) is 65.0 Å². The summed E-state index contributed by atoms with van der Waals surface area (Å²) in [5.41, 5.74) is 1.86. The highest BCUT2D eigenvalue weighted by atomic mass is 16.7. The van der Waals surface area contributed by atoms with E-state index in [0.717, 1.165) is 28.0 Å². The van der Waals surface area contributed by atoms with Crippen LogP contribution in [-0.2, 0) is 9.53 Å². The summed E-state index contributed by atoms with van der Waals surface area (Å²) in [7, 11) is 3.12. The molecule has 0 bridgehead atoms. The number of carboxylic acid groups (broad SMARTS) is 1. The van der Waals surface area contributed by atoms with Crippen molar-refractivity contribution in [2.75, 3.05) is 21.0 Å². The Morgan fingerprint density at radius 3 is 2.62 bits per heavy atom. The van der Waals surface area contributed by atoms with Crippen LogP contribution in [0.5, 0.6) is 11.5 Å². The van der Waals surface area contributed by atoms with E-state index >= 15 is 0 Å². The first-order valence-electron chi connectivity index (χ1n) is 7.66. The van der Waals surface area contributed by atoms with Crippen molar-refractivity contribution in [1.82, 2.24) is 0 Å². The van der Waals surface area contributed by atoms with Crippen LogP contribution in [-0.4, -0.2) is 32.1 Å². The van der Waals surface area contributed by atoms with Crippen LogP contribution in [0.25, 0.3) is 16.8 Å². The minimum Gasteiger partial charge on any atom is -0.493 e. The van der Waals surface area contributed by atoms with E-state index in [-0.39, 0.29) is 12.7 Å². The van der Waals surface area contributed by atoms with Crippen molar-refractivity contribution < 1.29 is 24.1 Å². The number of fused-ring (bicyclic) bond motifs is 1. The fourth-order valence-corrected chi connectivity index (χ4v) is 2.66. The van der Waals surface area contributed by atoms with Crippen molar-refractivity contribution in [2.45, 2.75) is 19.8 Å². The second kappa shape index (κ2) is 7.84. The summed E-state index contributed by atoms with van der Waals surface area (Å²) in [6, 6.07) is 7.72. The monoisotopic (exact) mass is 330 g/mol. The van der Waals surface area contributed by atoms with Crippen molar-refractivity contribution >= 4 is 22.8 Å². The van der Waals surface area contributed by atoms with Crippen LogP contribution in [0.1, 0.15) is 30.9 Å². The lowest BCUT2D eigenvalue weighted by Gasteiger charge is -2.19. The highest BCUT2D eigenvalue weighted by Crippen LogP contribution is 2.42. The Morgan fingerprint density at radius 2 is 2.04 bits per heavy atom. The first kappa shape index (κ1) is 17.8. The molecular weight excluding hydrogens is 308 g/mol. The van der Waals surface area contributed by atoms with Gasteiger partial charge in [0.05, 0.1) is 7.11 Å². The average Bonchev–Trinajstić information content (AvgIpc) is 2.57. The molecule has 24 heavy (non-hydrogen) atoms. The normalized spacial score (nSPS) is 11.4. The van der Waals surface area contributed by atoms with E-state index in [4.69, 9.17) is 19.3 Å². The minimum absolute atomic E-state index is 0.0994. The maximum atomic E-state index is 10.9. The van der Waals surface area contributed by atoms with Crippen LogP contribution >= 0.6 is 0 Å². The molecule has 2 aromatic rings. The molecule has 0 unspecified atom stereocenters. The largest absolute Gasteiger partial charge is 0.493 e. The molecular formula is C19H22O5. The smallest absolute Gasteiger partial charge is 0.328 e. The van der Waals surface area contributed by atoms with Gasteiger partial charge in [-0.1, -0.05) is 32.0 Å². The van der Waals surface area contributed by atoms with Gasteiger partial charge in [0, 0.05) is 18.6 Å². The molecule has 0 saturated heterocycles. The number of hydrogen-bond acceptors (Lipinski definition) is 4. The Bertz CT molecular complexity index is 762. The number of rotatable bonds is 7. The number of hydrogen-bond donors (Lipinski definition) is 1. The summed E-state index contributed by atoms with van der Waals surface area (Å²) in [6.07, 6.45) is 2.68. The maximum Gasteiger partial charge on any atom is 0.328 e. The molecule has 0 heterocycles. The molecule has 0 radical (unpaired) electrons. The predicted molar refractivity (Wildman–Crippen MR) is 93.8 cm³/mol. The number of benzene rings is 2. The molecule has 5 nitrogen and oxygen atoms in total. The lowest BCUT2D eigenvalue weighted by molar-refractivity contribution is -0.131. The standard InChI is InChI=1S/C19H22O5/c1-12(2)14-6-5-7-15-13(8-9-17(20)21)10-16(23-4)19(18(14)15)24-11-22-3/h5-10,12H,11H2,1-4H3,(H,20,21)/b9-8+. The van der Waals surface area contributed by atoms with Crippen LogP contribution in [0.15, 0.2) is 30.3 Å². The van der Waals surface area contributed by atoms with Crippen molar-refractivity contribution in [2.24, 2.45) is 0 Å². The van der Waals surface area contributed by atoms with E-state index in [0.29, 0.717) is 11.5 Å². The van der Waals surface area contributed by atoms with Gasteiger partial charge in [-0.25, -0.2) is 4.79 Å². The summed E-state index contributed by atoms with van der Waals surface area (Å²) in [6.45, 7) is 4.30. The molecule has 0 aliphatic heterocycles. The zero-order valence-corrected chi connectivity index (χ0v) is 14.3. The van der Waals surface area contributed by atoms with E-state index in [1.54, 1.807) is 26.4 Å². The maximum absolute atomic E-state index is 10.9. The van der Waals surface area contributed by atoms with Crippen LogP contribution in [0.2, 0.25) is 0 Å². The zero-order chi connectivity index (χ0) is 17.7. The number of methoxy groups -OCH3 is 2. The highest BCUT2D eigenvalue weighted by molar-refractivity contribution is 6.01. The molecule has 0 amide bonds. The number of carboxylic acids is 1. The number of ether oxygens (including phenoxy) is 3. The molecule has 0 aliphatic carbocycles. The first-order chi connectivity index (χ1) is 11.5. The van der Waals surface area contributed by atoms with Crippen LogP contribution < -0.4 is 9.47 Å². The molecule has 0 fully saturated rings. The SMILES string of the molecule is COCOc1c(OC)cc(/C=C/C(=O)O)c2cccc(C(C)C)c12. The Kier molecular flexibility index (Phi) is 5.82. The van der Waals surface area contributed by atoms with Gasteiger partial charge in [0.2, 0.25) is 0 Å². The fraction of sp³-hybridized carbons (Fsp3) is 0.316. The third-order valence-corrected chi connectivity index (χ3v) is 3.71. The molecule has 0 spiro atoms. The summed E-state index contributed by atoms with van der Waals surface area (Å²) in [4.78, 5) is 10.9. The third kappa shape index (κ3) is 3.68. The molecule has 0 saturated carbocycles. The number of aliphatic carboxylic acids is 1. The molecule has 0 aliphatic rings. The molecule has 128 valence electrons. The van der Waals surface area contributed by atoms with Gasteiger partial charge in [0.25, 0.3) is 0 Å². The third-order valence-electron chi connectivity index (χ3n) is 3.71. The predicted octanol–water partition coefficient (Wildman–Crippen LogP) is 4.05. The molecule has 2 rings (SSSR count). The van der Waals surface area contributed by atoms with E-state index in [9.17, 15) is 4.79 Å². The van der Waals surface area contributed by atoms with Crippen molar-refractivity contribution in [3.63, 3.8) is 0 Å². The van der Waals surface area contributed by atoms with Crippen LogP contribution in [0.3, 0.4) is 0 Å². The average molecular weight is 330 g/mol. The fourth-order valence-electron chi connectivity index (χ4n) is 2.66. The quantitative estimate of drug-likeness (QED) is 0.613. The van der Waals surface area contributed by atoms with Gasteiger partial charge in [-0.2, -0.15) is 0 Å². The van der Waals surface area contributed by atoms with E-state index in [1.807, 2.05) is 18.2 Å². The van der Waals surface area contributed by atoms with Crippen molar-refractivity contribution in [1.29, 1.82) is 0 Å². The molecule has 0 atom stereocenters. The molecule has 2 aromatic carbocycles. The summed E-state index contributed by atoms with van der Waals surface area (Å²) < 4.78 is 16.3.